The molecule has 0 atom stereocenters. The lowest BCUT2D eigenvalue weighted by Crippen LogP contribution is -1.97. The fourth-order valence-corrected chi connectivity index (χ4v) is 4.97. The SMILES string of the molecule is CCCCCCCCCc1cn2cc(-c3ccc(OCCCCCCC)cc3)nc2s1. The molecule has 3 nitrogen and oxygen atoms in total. The molecule has 170 valence electrons. The maximum absolute atomic E-state index is 5.89. The number of aryl methyl sites for hydroxylation is 1. The lowest BCUT2D eigenvalue weighted by atomic mass is 10.1. The van der Waals surface area contributed by atoms with E-state index in [1.807, 2.05) is 11.3 Å². The first-order chi connectivity index (χ1) is 15.3. The van der Waals surface area contributed by atoms with Gasteiger partial charge in [-0.15, -0.1) is 11.3 Å². The maximum Gasteiger partial charge on any atom is 0.194 e. The molecule has 0 fully saturated rings. The summed E-state index contributed by atoms with van der Waals surface area (Å²) < 4.78 is 8.08. The van der Waals surface area contributed by atoms with E-state index in [9.17, 15) is 0 Å². The molecule has 0 radical (unpaired) electrons. The highest BCUT2D eigenvalue weighted by Crippen LogP contribution is 2.26. The van der Waals surface area contributed by atoms with Crippen molar-refractivity contribution in [1.29, 1.82) is 0 Å². The van der Waals surface area contributed by atoms with Crippen LogP contribution in [0.3, 0.4) is 0 Å². The Morgan fingerprint density at radius 2 is 1.42 bits per heavy atom. The summed E-state index contributed by atoms with van der Waals surface area (Å²) in [6.45, 7) is 5.34. The maximum atomic E-state index is 5.89. The predicted molar refractivity (Wildman–Crippen MR) is 134 cm³/mol. The van der Waals surface area contributed by atoms with Gasteiger partial charge in [0.1, 0.15) is 5.75 Å². The standard InChI is InChI=1S/C27H40N2OS/c1-3-5-7-9-10-11-13-15-25-21-29-22-26(28-27(29)31-25)23-16-18-24(19-17-23)30-20-14-12-8-6-4-2/h16-19,21-22H,3-15,20H2,1-2H3. The van der Waals surface area contributed by atoms with Gasteiger partial charge in [0.15, 0.2) is 4.96 Å². The Balaban J connectivity index is 1.42. The molecule has 0 aliphatic rings. The highest BCUT2D eigenvalue weighted by Gasteiger charge is 2.08. The van der Waals surface area contributed by atoms with Crippen molar-refractivity contribution in [3.8, 4) is 17.0 Å². The number of benzene rings is 1. The minimum Gasteiger partial charge on any atom is -0.494 e. The number of ether oxygens (including phenoxy) is 1. The molecular formula is C27H40N2OS. The van der Waals surface area contributed by atoms with Crippen LogP contribution in [0.2, 0.25) is 0 Å². The van der Waals surface area contributed by atoms with Crippen LogP contribution in [0.5, 0.6) is 5.75 Å². The molecule has 0 saturated carbocycles. The fraction of sp³-hybridized carbons (Fsp3) is 0.593. The van der Waals surface area contributed by atoms with E-state index in [-0.39, 0.29) is 0 Å². The van der Waals surface area contributed by atoms with Gasteiger partial charge in [0.2, 0.25) is 0 Å². The first-order valence-corrected chi connectivity index (χ1v) is 13.3. The zero-order valence-electron chi connectivity index (χ0n) is 19.6. The lowest BCUT2D eigenvalue weighted by Gasteiger charge is -2.06. The monoisotopic (exact) mass is 440 g/mol. The molecule has 3 aromatic rings. The summed E-state index contributed by atoms with van der Waals surface area (Å²) in [5.74, 6) is 0.956. The summed E-state index contributed by atoms with van der Waals surface area (Å²) in [6, 6.07) is 8.39. The third-order valence-corrected chi connectivity index (χ3v) is 6.95. The minimum absolute atomic E-state index is 0.810. The minimum atomic E-state index is 0.810. The van der Waals surface area contributed by atoms with Crippen LogP contribution in [-0.4, -0.2) is 16.0 Å². The molecule has 3 rings (SSSR count). The van der Waals surface area contributed by atoms with E-state index in [1.54, 1.807) is 0 Å². The fourth-order valence-electron chi connectivity index (χ4n) is 3.97. The Bertz CT molecular complexity index is 834. The third-order valence-electron chi connectivity index (χ3n) is 5.90. The number of thiazole rings is 1. The van der Waals surface area contributed by atoms with Crippen LogP contribution in [0.15, 0.2) is 36.7 Å². The zero-order chi connectivity index (χ0) is 21.7. The molecule has 1 aromatic carbocycles. The van der Waals surface area contributed by atoms with E-state index in [0.29, 0.717) is 0 Å². The van der Waals surface area contributed by atoms with E-state index in [1.165, 1.54) is 81.9 Å². The number of hydrogen-bond donors (Lipinski definition) is 0. The quantitative estimate of drug-likeness (QED) is 0.208. The number of imidazole rings is 1. The highest BCUT2D eigenvalue weighted by molar-refractivity contribution is 7.17. The van der Waals surface area contributed by atoms with E-state index >= 15 is 0 Å². The van der Waals surface area contributed by atoms with Crippen molar-refractivity contribution in [3.63, 3.8) is 0 Å². The average molecular weight is 441 g/mol. The van der Waals surface area contributed by atoms with E-state index in [4.69, 9.17) is 9.72 Å². The van der Waals surface area contributed by atoms with Crippen LogP contribution in [0.25, 0.3) is 16.2 Å². The molecule has 2 aromatic heterocycles. The van der Waals surface area contributed by atoms with Gasteiger partial charge in [-0.3, -0.25) is 4.40 Å². The van der Waals surface area contributed by atoms with Crippen molar-refractivity contribution < 1.29 is 4.74 Å². The third kappa shape index (κ3) is 7.99. The Morgan fingerprint density at radius 1 is 0.774 bits per heavy atom. The summed E-state index contributed by atoms with van der Waals surface area (Å²) in [7, 11) is 0. The molecule has 0 aliphatic heterocycles. The predicted octanol–water partition coefficient (Wildman–Crippen LogP) is 8.71. The Morgan fingerprint density at radius 3 is 2.10 bits per heavy atom. The van der Waals surface area contributed by atoms with Gasteiger partial charge in [-0.25, -0.2) is 4.98 Å². The number of fused-ring (bicyclic) bond motifs is 1. The number of nitrogens with zero attached hydrogens (tertiary/aromatic N) is 2. The smallest absolute Gasteiger partial charge is 0.194 e. The van der Waals surface area contributed by atoms with Gasteiger partial charge in [-0.1, -0.05) is 78.1 Å². The molecule has 0 spiro atoms. The van der Waals surface area contributed by atoms with Crippen LogP contribution in [0.4, 0.5) is 0 Å². The summed E-state index contributed by atoms with van der Waals surface area (Å²) in [5, 5.41) is 0. The molecule has 0 unspecified atom stereocenters. The second kappa shape index (κ2) is 13.6. The van der Waals surface area contributed by atoms with Crippen molar-refractivity contribution in [2.45, 2.75) is 97.3 Å². The van der Waals surface area contributed by atoms with E-state index < -0.39 is 0 Å². The Hall–Kier alpha value is -1.81. The molecule has 0 aliphatic carbocycles. The van der Waals surface area contributed by atoms with Crippen molar-refractivity contribution in [2.24, 2.45) is 0 Å². The molecule has 2 heterocycles. The first kappa shape index (κ1) is 23.8. The van der Waals surface area contributed by atoms with Crippen molar-refractivity contribution >= 4 is 16.3 Å². The molecule has 0 bridgehead atoms. The molecule has 0 N–H and O–H groups in total. The molecule has 31 heavy (non-hydrogen) atoms. The van der Waals surface area contributed by atoms with Crippen LogP contribution in [0.1, 0.15) is 95.8 Å². The van der Waals surface area contributed by atoms with Gasteiger partial charge in [0, 0.05) is 22.8 Å². The van der Waals surface area contributed by atoms with Gasteiger partial charge < -0.3 is 4.74 Å². The van der Waals surface area contributed by atoms with Crippen molar-refractivity contribution in [3.05, 3.63) is 41.5 Å². The lowest BCUT2D eigenvalue weighted by molar-refractivity contribution is 0.304. The topological polar surface area (TPSA) is 26.5 Å². The zero-order valence-corrected chi connectivity index (χ0v) is 20.4. The van der Waals surface area contributed by atoms with Gasteiger partial charge >= 0.3 is 0 Å². The van der Waals surface area contributed by atoms with Crippen molar-refractivity contribution in [1.82, 2.24) is 9.38 Å². The van der Waals surface area contributed by atoms with Crippen LogP contribution in [0, 0.1) is 0 Å². The largest absolute Gasteiger partial charge is 0.494 e. The Labute approximate surface area is 192 Å². The van der Waals surface area contributed by atoms with Gasteiger partial charge in [-0.2, -0.15) is 0 Å². The van der Waals surface area contributed by atoms with Crippen LogP contribution < -0.4 is 4.74 Å². The number of hydrogen-bond acceptors (Lipinski definition) is 3. The summed E-state index contributed by atoms with van der Waals surface area (Å²) in [5.41, 5.74) is 2.19. The first-order valence-electron chi connectivity index (χ1n) is 12.5. The normalized spacial score (nSPS) is 11.4. The number of unbranched alkanes of at least 4 members (excludes halogenated alkanes) is 10. The molecule has 0 saturated heterocycles. The highest BCUT2D eigenvalue weighted by atomic mass is 32.1. The number of rotatable bonds is 16. The van der Waals surface area contributed by atoms with Gasteiger partial charge in [0.25, 0.3) is 0 Å². The average Bonchev–Trinajstić information content (AvgIpc) is 3.35. The van der Waals surface area contributed by atoms with E-state index in [0.717, 1.165) is 35.0 Å². The number of aromatic nitrogens is 2. The van der Waals surface area contributed by atoms with Crippen LogP contribution >= 0.6 is 11.3 Å². The van der Waals surface area contributed by atoms with Crippen LogP contribution in [-0.2, 0) is 6.42 Å². The molecule has 4 heteroatoms. The van der Waals surface area contributed by atoms with Gasteiger partial charge in [0.05, 0.1) is 12.3 Å². The summed E-state index contributed by atoms with van der Waals surface area (Å²) in [4.78, 5) is 7.40. The van der Waals surface area contributed by atoms with E-state index in [2.05, 4.69) is 54.9 Å². The van der Waals surface area contributed by atoms with Crippen molar-refractivity contribution in [2.75, 3.05) is 6.61 Å². The summed E-state index contributed by atoms with van der Waals surface area (Å²) in [6.07, 6.45) is 21.5. The second-order valence-corrected chi connectivity index (χ2v) is 9.77. The summed E-state index contributed by atoms with van der Waals surface area (Å²) >= 11 is 1.83. The molecular weight excluding hydrogens is 400 g/mol. The second-order valence-electron chi connectivity index (χ2n) is 8.67. The molecule has 0 amide bonds. The van der Waals surface area contributed by atoms with Gasteiger partial charge in [-0.05, 0) is 43.5 Å². The Kier molecular flexibility index (Phi) is 10.4.